The van der Waals surface area contributed by atoms with Crippen molar-refractivity contribution in [2.24, 2.45) is 0 Å². The summed E-state index contributed by atoms with van der Waals surface area (Å²) >= 11 is 1.71. The molecule has 0 bridgehead atoms. The Morgan fingerprint density at radius 1 is 1.09 bits per heavy atom. The zero-order chi connectivity index (χ0) is 22.1. The van der Waals surface area contributed by atoms with Gasteiger partial charge in [0.05, 0.1) is 0 Å². The van der Waals surface area contributed by atoms with Gasteiger partial charge in [-0.1, -0.05) is 6.07 Å². The van der Waals surface area contributed by atoms with Gasteiger partial charge < -0.3 is 14.8 Å². The molecule has 2 aromatic heterocycles. The van der Waals surface area contributed by atoms with E-state index in [1.54, 1.807) is 11.3 Å². The molecule has 2 fully saturated rings. The summed E-state index contributed by atoms with van der Waals surface area (Å²) in [5.41, 5.74) is 3.13. The molecule has 0 aliphatic carbocycles. The van der Waals surface area contributed by atoms with Crippen LogP contribution in [-0.2, 0) is 6.54 Å². The molecule has 7 nitrogen and oxygen atoms in total. The van der Waals surface area contributed by atoms with Gasteiger partial charge in [-0.05, 0) is 31.5 Å². The quantitative estimate of drug-likeness (QED) is 0.645. The Balaban J connectivity index is 1.21. The van der Waals surface area contributed by atoms with E-state index in [9.17, 15) is 4.79 Å². The molecule has 2 saturated heterocycles. The summed E-state index contributed by atoms with van der Waals surface area (Å²) < 4.78 is 0. The van der Waals surface area contributed by atoms with Crippen molar-refractivity contribution >= 4 is 33.3 Å². The van der Waals surface area contributed by atoms with Crippen LogP contribution in [-0.4, -0.2) is 89.0 Å². The lowest BCUT2D eigenvalue weighted by molar-refractivity contribution is 0.0595. The third-order valence-electron chi connectivity index (χ3n) is 6.80. The van der Waals surface area contributed by atoms with Gasteiger partial charge in [-0.25, -0.2) is 4.98 Å². The van der Waals surface area contributed by atoms with Gasteiger partial charge in [0, 0.05) is 99.2 Å². The van der Waals surface area contributed by atoms with Crippen LogP contribution in [0.4, 0.5) is 5.13 Å². The fraction of sp³-hybridized carbons (Fsp3) is 0.500. The van der Waals surface area contributed by atoms with E-state index in [1.807, 2.05) is 28.6 Å². The first-order valence-electron chi connectivity index (χ1n) is 11.6. The van der Waals surface area contributed by atoms with Gasteiger partial charge >= 0.3 is 0 Å². The van der Waals surface area contributed by atoms with E-state index >= 15 is 0 Å². The lowest BCUT2D eigenvalue weighted by atomic mass is 10.1. The van der Waals surface area contributed by atoms with Crippen LogP contribution >= 0.6 is 11.3 Å². The number of aromatic amines is 1. The second-order valence-corrected chi connectivity index (χ2v) is 9.95. The second kappa shape index (κ2) is 9.21. The summed E-state index contributed by atoms with van der Waals surface area (Å²) in [6.45, 7) is 13.0. The number of hydrogen-bond donors (Lipinski definition) is 1. The van der Waals surface area contributed by atoms with Crippen LogP contribution in [0.3, 0.4) is 0 Å². The van der Waals surface area contributed by atoms with Gasteiger partial charge in [-0.15, -0.1) is 11.3 Å². The molecule has 0 unspecified atom stereocenters. The van der Waals surface area contributed by atoms with E-state index < -0.39 is 0 Å². The Labute approximate surface area is 193 Å². The minimum Gasteiger partial charge on any atom is -0.361 e. The first kappa shape index (κ1) is 21.4. The number of thiazole rings is 1. The molecule has 0 radical (unpaired) electrons. The molecular formula is C24H32N6OS. The highest BCUT2D eigenvalue weighted by Crippen LogP contribution is 2.24. The summed E-state index contributed by atoms with van der Waals surface area (Å²) in [7, 11) is 0. The van der Waals surface area contributed by atoms with Crippen molar-refractivity contribution in [1.82, 2.24) is 24.7 Å². The average molecular weight is 453 g/mol. The van der Waals surface area contributed by atoms with Gasteiger partial charge in [0.2, 0.25) is 0 Å². The third kappa shape index (κ3) is 4.40. The van der Waals surface area contributed by atoms with Crippen LogP contribution in [0.2, 0.25) is 0 Å². The van der Waals surface area contributed by atoms with E-state index in [2.05, 4.69) is 50.8 Å². The van der Waals surface area contributed by atoms with Crippen LogP contribution in [0, 0.1) is 0 Å². The maximum Gasteiger partial charge on any atom is 0.254 e. The number of carbonyl (C=O) groups excluding carboxylic acids is 1. The number of fused-ring (bicyclic) bond motifs is 1. The van der Waals surface area contributed by atoms with E-state index in [0.29, 0.717) is 6.04 Å². The molecule has 2 aliphatic heterocycles. The lowest BCUT2D eigenvalue weighted by Gasteiger charge is -2.37. The lowest BCUT2D eigenvalue weighted by Crippen LogP contribution is -2.50. The Kier molecular flexibility index (Phi) is 6.17. The fourth-order valence-electron chi connectivity index (χ4n) is 4.78. The van der Waals surface area contributed by atoms with Crippen molar-refractivity contribution in [3.05, 3.63) is 47.1 Å². The van der Waals surface area contributed by atoms with E-state index in [-0.39, 0.29) is 5.91 Å². The van der Waals surface area contributed by atoms with Crippen LogP contribution in [0.15, 0.2) is 36.0 Å². The number of nitrogens with zero attached hydrogens (tertiary/aromatic N) is 5. The van der Waals surface area contributed by atoms with Crippen molar-refractivity contribution in [1.29, 1.82) is 0 Å². The van der Waals surface area contributed by atoms with Gasteiger partial charge in [0.15, 0.2) is 5.13 Å². The first-order valence-corrected chi connectivity index (χ1v) is 12.5. The first-order chi connectivity index (χ1) is 15.6. The molecule has 32 heavy (non-hydrogen) atoms. The van der Waals surface area contributed by atoms with Gasteiger partial charge in [-0.2, -0.15) is 0 Å². The van der Waals surface area contributed by atoms with Gasteiger partial charge in [0.25, 0.3) is 5.91 Å². The van der Waals surface area contributed by atoms with Crippen LogP contribution in [0.5, 0.6) is 0 Å². The minimum atomic E-state index is 0.143. The number of nitrogens with one attached hydrogen (secondary N) is 1. The number of rotatable bonds is 5. The van der Waals surface area contributed by atoms with Crippen LogP contribution in [0.1, 0.15) is 29.8 Å². The smallest absolute Gasteiger partial charge is 0.254 e. The van der Waals surface area contributed by atoms with Crippen molar-refractivity contribution in [2.45, 2.75) is 26.4 Å². The zero-order valence-electron chi connectivity index (χ0n) is 19.0. The minimum absolute atomic E-state index is 0.143. The Hall–Kier alpha value is -2.42. The number of aromatic nitrogens is 2. The second-order valence-electron chi connectivity index (χ2n) is 9.07. The fourth-order valence-corrected chi connectivity index (χ4v) is 5.48. The molecule has 1 amide bonds. The summed E-state index contributed by atoms with van der Waals surface area (Å²) in [5.74, 6) is 0.143. The molecule has 170 valence electrons. The summed E-state index contributed by atoms with van der Waals surface area (Å²) in [6, 6.07) is 6.68. The summed E-state index contributed by atoms with van der Waals surface area (Å²) in [6.07, 6.45) is 3.98. The number of hydrogen-bond acceptors (Lipinski definition) is 6. The maximum absolute atomic E-state index is 13.0. The number of amides is 1. The summed E-state index contributed by atoms with van der Waals surface area (Å²) in [5, 5.41) is 4.38. The van der Waals surface area contributed by atoms with Crippen molar-refractivity contribution in [2.75, 3.05) is 57.3 Å². The van der Waals surface area contributed by atoms with Crippen molar-refractivity contribution in [3.8, 4) is 0 Å². The van der Waals surface area contributed by atoms with Crippen molar-refractivity contribution in [3.63, 3.8) is 0 Å². The number of anilines is 1. The topological polar surface area (TPSA) is 58.7 Å². The number of H-pyrrole nitrogens is 1. The summed E-state index contributed by atoms with van der Waals surface area (Å²) in [4.78, 5) is 30.2. The predicted octanol–water partition coefficient (Wildman–Crippen LogP) is 3.11. The molecule has 0 saturated carbocycles. The highest BCUT2D eigenvalue weighted by atomic mass is 32.1. The molecular weight excluding hydrogens is 420 g/mol. The average Bonchev–Trinajstić information content (AvgIpc) is 3.50. The molecule has 0 spiro atoms. The molecule has 0 atom stereocenters. The highest BCUT2D eigenvalue weighted by Gasteiger charge is 2.24. The Bertz CT molecular complexity index is 1050. The molecule has 3 aromatic rings. The van der Waals surface area contributed by atoms with E-state index in [4.69, 9.17) is 0 Å². The Morgan fingerprint density at radius 3 is 2.56 bits per heavy atom. The number of carbonyl (C=O) groups is 1. The maximum atomic E-state index is 13.0. The van der Waals surface area contributed by atoms with Gasteiger partial charge in [0.1, 0.15) is 0 Å². The third-order valence-corrected chi connectivity index (χ3v) is 7.63. The normalized spacial score (nSPS) is 18.7. The monoisotopic (exact) mass is 452 g/mol. The van der Waals surface area contributed by atoms with Crippen LogP contribution < -0.4 is 4.90 Å². The molecule has 8 heteroatoms. The predicted molar refractivity (Wildman–Crippen MR) is 131 cm³/mol. The SMILES string of the molecule is CC(C)N1CCN(C(=O)c2ccc3c(CN4CCN(c5nccs5)CC4)c[nH]c3c2)CC1. The molecule has 5 rings (SSSR count). The van der Waals surface area contributed by atoms with Crippen LogP contribution in [0.25, 0.3) is 10.9 Å². The Morgan fingerprint density at radius 2 is 1.88 bits per heavy atom. The molecule has 1 aromatic carbocycles. The van der Waals surface area contributed by atoms with Gasteiger partial charge in [-0.3, -0.25) is 14.6 Å². The van der Waals surface area contributed by atoms with E-state index in [0.717, 1.165) is 75.1 Å². The molecule has 2 aliphatic rings. The molecule has 1 N–H and O–H groups in total. The molecule has 4 heterocycles. The highest BCUT2D eigenvalue weighted by molar-refractivity contribution is 7.13. The number of piperazine rings is 2. The zero-order valence-corrected chi connectivity index (χ0v) is 19.8. The van der Waals surface area contributed by atoms with E-state index in [1.165, 1.54) is 10.9 Å². The standard InChI is InChI=1S/C24H32N6OS/c1-18(2)28-10-12-29(13-11-28)23(31)19-3-4-21-20(16-26-22(21)15-19)17-27-6-8-30(9-7-27)24-25-5-14-32-24/h3-5,14-16,18,26H,6-13,17H2,1-2H3. The van der Waals surface area contributed by atoms with Crippen molar-refractivity contribution < 1.29 is 4.79 Å². The number of benzene rings is 1. The largest absolute Gasteiger partial charge is 0.361 e.